The molecule has 0 bridgehead atoms. The maximum Gasteiger partial charge on any atom is 0.0914 e. The van der Waals surface area contributed by atoms with E-state index < -0.39 is 6.10 Å². The molecule has 0 aliphatic heterocycles. The fraction of sp³-hybridized carbons (Fsp3) is 0.263. The first kappa shape index (κ1) is 14.1. The summed E-state index contributed by atoms with van der Waals surface area (Å²) < 4.78 is 0. The highest BCUT2D eigenvalue weighted by atomic mass is 16.3. The first-order valence-electron chi connectivity index (χ1n) is 7.48. The van der Waals surface area contributed by atoms with Crippen LogP contribution in [0.4, 0.5) is 0 Å². The van der Waals surface area contributed by atoms with Gasteiger partial charge < -0.3 is 10.4 Å². The summed E-state index contributed by atoms with van der Waals surface area (Å²) >= 11 is 0. The van der Waals surface area contributed by atoms with Crippen molar-refractivity contribution >= 4 is 21.5 Å². The number of benzene rings is 3. The lowest BCUT2D eigenvalue weighted by Crippen LogP contribution is -2.27. The second-order valence-corrected chi connectivity index (χ2v) is 5.85. The largest absolute Gasteiger partial charge is 0.387 e. The Morgan fingerprint density at radius 3 is 2.33 bits per heavy atom. The minimum Gasteiger partial charge on any atom is -0.387 e. The van der Waals surface area contributed by atoms with Crippen molar-refractivity contribution in [2.75, 3.05) is 6.54 Å². The maximum atomic E-state index is 10.3. The molecule has 1 atom stereocenters. The van der Waals surface area contributed by atoms with Crippen molar-refractivity contribution in [1.82, 2.24) is 5.32 Å². The molecule has 21 heavy (non-hydrogen) atoms. The second-order valence-electron chi connectivity index (χ2n) is 5.85. The molecule has 0 fully saturated rings. The van der Waals surface area contributed by atoms with Crippen LogP contribution in [0.5, 0.6) is 0 Å². The zero-order valence-electron chi connectivity index (χ0n) is 12.5. The zero-order chi connectivity index (χ0) is 14.8. The summed E-state index contributed by atoms with van der Waals surface area (Å²) in [6.45, 7) is 4.75. The Balaban J connectivity index is 2.04. The van der Waals surface area contributed by atoms with Crippen molar-refractivity contribution in [1.29, 1.82) is 0 Å². The van der Waals surface area contributed by atoms with E-state index in [0.717, 1.165) is 5.56 Å². The van der Waals surface area contributed by atoms with Crippen molar-refractivity contribution in [3.63, 3.8) is 0 Å². The van der Waals surface area contributed by atoms with Gasteiger partial charge in [-0.1, -0.05) is 62.4 Å². The third-order valence-corrected chi connectivity index (χ3v) is 3.87. The lowest BCUT2D eigenvalue weighted by molar-refractivity contribution is 0.172. The Hall–Kier alpha value is -1.90. The molecule has 0 saturated heterocycles. The molecule has 2 heteroatoms. The number of hydrogen-bond donors (Lipinski definition) is 2. The highest BCUT2D eigenvalue weighted by Crippen LogP contribution is 2.27. The maximum absolute atomic E-state index is 10.3. The molecule has 108 valence electrons. The van der Waals surface area contributed by atoms with Crippen LogP contribution in [-0.2, 0) is 0 Å². The fourth-order valence-corrected chi connectivity index (χ4v) is 2.69. The third kappa shape index (κ3) is 2.92. The Morgan fingerprint density at radius 1 is 0.905 bits per heavy atom. The van der Waals surface area contributed by atoms with Crippen LogP contribution < -0.4 is 5.32 Å². The SMILES string of the molecule is CC(C)NC[C@H](O)c1ccc2ccc3ccccc3c2c1. The van der Waals surface area contributed by atoms with Crippen LogP contribution in [0.25, 0.3) is 21.5 Å². The molecule has 0 saturated carbocycles. The van der Waals surface area contributed by atoms with Crippen molar-refractivity contribution < 1.29 is 5.11 Å². The van der Waals surface area contributed by atoms with Gasteiger partial charge in [0.2, 0.25) is 0 Å². The van der Waals surface area contributed by atoms with Gasteiger partial charge in [-0.05, 0) is 33.2 Å². The average Bonchev–Trinajstić information content (AvgIpc) is 2.52. The number of aliphatic hydroxyl groups excluding tert-OH is 1. The Kier molecular flexibility index (Phi) is 3.91. The highest BCUT2D eigenvalue weighted by Gasteiger charge is 2.09. The molecule has 3 rings (SSSR count). The number of aliphatic hydroxyl groups is 1. The smallest absolute Gasteiger partial charge is 0.0914 e. The standard InChI is InChI=1S/C19H21NO/c1-13(2)20-12-19(21)16-10-9-15-8-7-14-5-3-4-6-17(14)18(15)11-16/h3-11,13,19-21H,12H2,1-2H3/t19-/m0/s1. The quantitative estimate of drug-likeness (QED) is 0.707. The molecule has 0 amide bonds. The summed E-state index contributed by atoms with van der Waals surface area (Å²) in [6, 6.07) is 19.3. The fourth-order valence-electron chi connectivity index (χ4n) is 2.69. The van der Waals surface area contributed by atoms with Crippen LogP contribution in [0.2, 0.25) is 0 Å². The molecule has 0 aliphatic rings. The summed E-state index contributed by atoms with van der Waals surface area (Å²) in [5.41, 5.74) is 0.965. The van der Waals surface area contributed by atoms with Crippen LogP contribution in [-0.4, -0.2) is 17.7 Å². The van der Waals surface area contributed by atoms with Gasteiger partial charge in [-0.2, -0.15) is 0 Å². The molecule has 3 aromatic rings. The van der Waals surface area contributed by atoms with E-state index in [9.17, 15) is 5.11 Å². The number of rotatable bonds is 4. The monoisotopic (exact) mass is 279 g/mol. The lowest BCUT2D eigenvalue weighted by atomic mass is 9.98. The van der Waals surface area contributed by atoms with Gasteiger partial charge in [0.1, 0.15) is 0 Å². The predicted octanol–water partition coefficient (Wildman–Crippen LogP) is 4.02. The summed E-state index contributed by atoms with van der Waals surface area (Å²) in [5.74, 6) is 0. The van der Waals surface area contributed by atoms with Crippen LogP contribution in [0, 0.1) is 0 Å². The molecule has 0 radical (unpaired) electrons. The van der Waals surface area contributed by atoms with Crippen LogP contribution >= 0.6 is 0 Å². The Morgan fingerprint density at radius 2 is 1.57 bits per heavy atom. The van der Waals surface area contributed by atoms with Gasteiger partial charge in [0.05, 0.1) is 6.10 Å². The van der Waals surface area contributed by atoms with Crippen LogP contribution in [0.3, 0.4) is 0 Å². The van der Waals surface area contributed by atoms with Crippen molar-refractivity contribution in [3.8, 4) is 0 Å². The van der Waals surface area contributed by atoms with Gasteiger partial charge in [0, 0.05) is 12.6 Å². The molecule has 3 aromatic carbocycles. The average molecular weight is 279 g/mol. The molecule has 0 spiro atoms. The molecule has 0 unspecified atom stereocenters. The second kappa shape index (κ2) is 5.84. The van der Waals surface area contributed by atoms with Gasteiger partial charge in [-0.3, -0.25) is 0 Å². The molecular formula is C19H21NO. The molecule has 0 aromatic heterocycles. The first-order chi connectivity index (χ1) is 10.1. The minimum atomic E-state index is -0.476. The van der Waals surface area contributed by atoms with Gasteiger partial charge in [0.25, 0.3) is 0 Å². The Labute approximate surface area is 125 Å². The van der Waals surface area contributed by atoms with Crippen molar-refractivity contribution in [2.45, 2.75) is 26.0 Å². The first-order valence-corrected chi connectivity index (χ1v) is 7.48. The van der Waals surface area contributed by atoms with Gasteiger partial charge in [0.15, 0.2) is 0 Å². The van der Waals surface area contributed by atoms with Gasteiger partial charge in [-0.25, -0.2) is 0 Å². The number of nitrogens with one attached hydrogen (secondary N) is 1. The van der Waals surface area contributed by atoms with Gasteiger partial charge in [-0.15, -0.1) is 0 Å². The van der Waals surface area contributed by atoms with Crippen LogP contribution in [0.15, 0.2) is 54.6 Å². The van der Waals surface area contributed by atoms with Crippen LogP contribution in [0.1, 0.15) is 25.5 Å². The summed E-state index contributed by atoms with van der Waals surface area (Å²) in [5, 5.41) is 18.5. The molecule has 2 nitrogen and oxygen atoms in total. The van der Waals surface area contributed by atoms with Crippen molar-refractivity contribution in [3.05, 3.63) is 60.2 Å². The third-order valence-electron chi connectivity index (χ3n) is 3.87. The molecule has 0 heterocycles. The Bertz CT molecular complexity index is 764. The van der Waals surface area contributed by atoms with E-state index in [0.29, 0.717) is 12.6 Å². The predicted molar refractivity (Wildman–Crippen MR) is 89.6 cm³/mol. The summed E-state index contributed by atoms with van der Waals surface area (Å²) in [7, 11) is 0. The van der Waals surface area contributed by atoms with E-state index in [4.69, 9.17) is 0 Å². The number of fused-ring (bicyclic) bond motifs is 3. The normalized spacial score (nSPS) is 13.1. The van der Waals surface area contributed by atoms with E-state index in [2.05, 4.69) is 67.7 Å². The van der Waals surface area contributed by atoms with E-state index in [1.54, 1.807) is 0 Å². The molecule has 0 aliphatic carbocycles. The summed E-state index contributed by atoms with van der Waals surface area (Å²) in [4.78, 5) is 0. The van der Waals surface area contributed by atoms with E-state index in [1.165, 1.54) is 21.5 Å². The lowest BCUT2D eigenvalue weighted by Gasteiger charge is -2.15. The topological polar surface area (TPSA) is 32.3 Å². The highest BCUT2D eigenvalue weighted by molar-refractivity contribution is 6.07. The summed E-state index contributed by atoms with van der Waals surface area (Å²) in [6.07, 6.45) is -0.476. The minimum absolute atomic E-state index is 0.376. The molecular weight excluding hydrogens is 258 g/mol. The van der Waals surface area contributed by atoms with E-state index in [-0.39, 0.29) is 0 Å². The number of hydrogen-bond acceptors (Lipinski definition) is 2. The van der Waals surface area contributed by atoms with Gasteiger partial charge >= 0.3 is 0 Å². The van der Waals surface area contributed by atoms with E-state index >= 15 is 0 Å². The zero-order valence-corrected chi connectivity index (χ0v) is 12.5. The van der Waals surface area contributed by atoms with E-state index in [1.807, 2.05) is 6.07 Å². The van der Waals surface area contributed by atoms with Crippen molar-refractivity contribution in [2.24, 2.45) is 0 Å². The molecule has 2 N–H and O–H groups in total.